The molecule has 90 valence electrons. The summed E-state index contributed by atoms with van der Waals surface area (Å²) in [6, 6.07) is 5.45. The lowest BCUT2D eigenvalue weighted by Crippen LogP contribution is -2.30. The van der Waals surface area contributed by atoms with E-state index in [1.54, 1.807) is 17.8 Å². The van der Waals surface area contributed by atoms with Crippen LogP contribution in [0.3, 0.4) is 0 Å². The highest BCUT2D eigenvalue weighted by atomic mass is 35.5. The Morgan fingerprint density at radius 2 is 1.94 bits per heavy atom. The van der Waals surface area contributed by atoms with Gasteiger partial charge < -0.3 is 0 Å². The smallest absolute Gasteiger partial charge is 0.120 e. The first-order valence-electron chi connectivity index (χ1n) is 4.97. The molecule has 6 heteroatoms. The topological polar surface area (TPSA) is 36.1 Å². The van der Waals surface area contributed by atoms with Crippen molar-refractivity contribution in [2.24, 2.45) is 0 Å². The molecule has 0 amide bonds. The zero-order chi connectivity index (χ0) is 12.3. The highest BCUT2D eigenvalue weighted by molar-refractivity contribution is 8.00. The highest BCUT2D eigenvalue weighted by Crippen LogP contribution is 2.24. The second-order valence-corrected chi connectivity index (χ2v) is 5.45. The Balaban J connectivity index is 2.02. The van der Waals surface area contributed by atoms with Gasteiger partial charge in [-0.15, -0.1) is 18.2 Å². The summed E-state index contributed by atoms with van der Waals surface area (Å²) in [7, 11) is 0. The van der Waals surface area contributed by atoms with E-state index in [4.69, 9.17) is 29.6 Å². The molecule has 2 unspecified atom stereocenters. The van der Waals surface area contributed by atoms with E-state index in [9.17, 15) is 0 Å². The standard InChI is InChI=1S/C11H11Cl2N3S/c1-2-3-17-11-14-10(15-16-11)7-4-8(12)6-9(13)5-7/h1,4-6,10-11,14-16H,3H2. The molecule has 0 aliphatic carbocycles. The van der Waals surface area contributed by atoms with E-state index in [1.165, 1.54) is 0 Å². The summed E-state index contributed by atoms with van der Waals surface area (Å²) in [5, 5.41) is 4.57. The molecule has 2 atom stereocenters. The Labute approximate surface area is 115 Å². The Morgan fingerprint density at radius 1 is 1.24 bits per heavy atom. The van der Waals surface area contributed by atoms with Crippen LogP contribution in [0.1, 0.15) is 11.7 Å². The lowest BCUT2D eigenvalue weighted by Gasteiger charge is -2.12. The van der Waals surface area contributed by atoms with E-state index in [1.807, 2.05) is 12.1 Å². The Morgan fingerprint density at radius 3 is 2.59 bits per heavy atom. The van der Waals surface area contributed by atoms with Gasteiger partial charge in [-0.25, -0.2) is 10.9 Å². The van der Waals surface area contributed by atoms with Crippen LogP contribution >= 0.6 is 35.0 Å². The molecule has 3 nitrogen and oxygen atoms in total. The van der Waals surface area contributed by atoms with E-state index in [2.05, 4.69) is 22.1 Å². The third kappa shape index (κ3) is 3.52. The molecule has 1 heterocycles. The summed E-state index contributed by atoms with van der Waals surface area (Å²) < 4.78 is 0. The maximum Gasteiger partial charge on any atom is 0.120 e. The summed E-state index contributed by atoms with van der Waals surface area (Å²) in [6.45, 7) is 0. The number of hydrogen-bond donors (Lipinski definition) is 3. The van der Waals surface area contributed by atoms with Crippen LogP contribution in [-0.2, 0) is 0 Å². The second kappa shape index (κ2) is 5.96. The molecule has 1 aromatic rings. The van der Waals surface area contributed by atoms with Crippen LogP contribution in [0.5, 0.6) is 0 Å². The van der Waals surface area contributed by atoms with E-state index in [0.717, 1.165) is 5.56 Å². The van der Waals surface area contributed by atoms with Gasteiger partial charge >= 0.3 is 0 Å². The average molecular weight is 288 g/mol. The van der Waals surface area contributed by atoms with Crippen LogP contribution in [0.2, 0.25) is 10.0 Å². The predicted molar refractivity (Wildman–Crippen MR) is 73.7 cm³/mol. The Bertz CT molecular complexity index is 427. The zero-order valence-electron chi connectivity index (χ0n) is 8.84. The minimum Gasteiger partial charge on any atom is -0.272 e. The zero-order valence-corrected chi connectivity index (χ0v) is 11.2. The molecular weight excluding hydrogens is 277 g/mol. The van der Waals surface area contributed by atoms with Gasteiger partial charge in [-0.05, 0) is 23.8 Å². The van der Waals surface area contributed by atoms with E-state index < -0.39 is 0 Å². The Kier molecular flexibility index (Phi) is 4.57. The van der Waals surface area contributed by atoms with Crippen molar-refractivity contribution in [2.75, 3.05) is 5.75 Å². The number of hydrogen-bond acceptors (Lipinski definition) is 4. The summed E-state index contributed by atoms with van der Waals surface area (Å²) in [6.07, 6.45) is 5.18. The molecule has 2 rings (SSSR count). The number of rotatable bonds is 3. The van der Waals surface area contributed by atoms with Crippen molar-refractivity contribution in [2.45, 2.75) is 11.7 Å². The number of halogens is 2. The monoisotopic (exact) mass is 287 g/mol. The molecule has 1 aliphatic rings. The fourth-order valence-corrected chi connectivity index (χ4v) is 2.73. The minimum atomic E-state index is -0.0264. The Hall–Kier alpha value is -0.410. The fourth-order valence-electron chi connectivity index (χ4n) is 1.54. The van der Waals surface area contributed by atoms with Crippen LogP contribution < -0.4 is 16.2 Å². The van der Waals surface area contributed by atoms with Crippen LogP contribution in [0.15, 0.2) is 18.2 Å². The van der Waals surface area contributed by atoms with Gasteiger partial charge in [0.15, 0.2) is 0 Å². The molecular formula is C11H11Cl2N3S. The molecule has 1 fully saturated rings. The summed E-state index contributed by atoms with van der Waals surface area (Å²) in [4.78, 5) is 0. The molecule has 17 heavy (non-hydrogen) atoms. The van der Waals surface area contributed by atoms with Crippen molar-refractivity contribution in [3.63, 3.8) is 0 Å². The van der Waals surface area contributed by atoms with Gasteiger partial charge in [0, 0.05) is 10.0 Å². The first-order valence-corrected chi connectivity index (χ1v) is 6.77. The van der Waals surface area contributed by atoms with Gasteiger partial charge in [0.25, 0.3) is 0 Å². The van der Waals surface area contributed by atoms with Gasteiger partial charge in [-0.2, -0.15) is 0 Å². The fraction of sp³-hybridized carbons (Fsp3) is 0.273. The van der Waals surface area contributed by atoms with Crippen LogP contribution in [0, 0.1) is 12.3 Å². The average Bonchev–Trinajstić information content (AvgIpc) is 2.73. The molecule has 0 spiro atoms. The van der Waals surface area contributed by atoms with Crippen LogP contribution in [0.4, 0.5) is 0 Å². The first kappa shape index (κ1) is 13.0. The third-order valence-corrected chi connectivity index (χ3v) is 3.59. The summed E-state index contributed by atoms with van der Waals surface area (Å²) in [5.41, 5.74) is 7.28. The van der Waals surface area contributed by atoms with Crippen molar-refractivity contribution in [1.29, 1.82) is 0 Å². The van der Waals surface area contributed by atoms with Gasteiger partial charge in [-0.3, -0.25) is 5.32 Å². The number of benzene rings is 1. The van der Waals surface area contributed by atoms with Gasteiger partial charge in [-0.1, -0.05) is 29.1 Å². The quantitative estimate of drug-likeness (QED) is 0.746. The van der Waals surface area contributed by atoms with Gasteiger partial charge in [0.05, 0.1) is 11.9 Å². The van der Waals surface area contributed by atoms with Crippen molar-refractivity contribution >= 4 is 35.0 Å². The van der Waals surface area contributed by atoms with Crippen LogP contribution in [0.25, 0.3) is 0 Å². The third-order valence-electron chi connectivity index (χ3n) is 2.23. The number of hydrazine groups is 1. The molecule has 1 aliphatic heterocycles. The van der Waals surface area contributed by atoms with Crippen molar-refractivity contribution in [1.82, 2.24) is 16.2 Å². The maximum absolute atomic E-state index is 5.96. The van der Waals surface area contributed by atoms with Crippen molar-refractivity contribution in [3.05, 3.63) is 33.8 Å². The molecule has 0 aromatic heterocycles. The van der Waals surface area contributed by atoms with Gasteiger partial charge in [0.2, 0.25) is 0 Å². The van der Waals surface area contributed by atoms with E-state index in [-0.39, 0.29) is 11.7 Å². The van der Waals surface area contributed by atoms with Gasteiger partial charge in [0.1, 0.15) is 5.50 Å². The molecule has 0 bridgehead atoms. The molecule has 1 aromatic carbocycles. The number of terminal acetylenes is 1. The first-order chi connectivity index (χ1) is 8.19. The lowest BCUT2D eigenvalue weighted by atomic mass is 10.2. The SMILES string of the molecule is C#CCSC1NNC(c2cc(Cl)cc(Cl)c2)N1. The largest absolute Gasteiger partial charge is 0.272 e. The van der Waals surface area contributed by atoms with Crippen LogP contribution in [-0.4, -0.2) is 11.3 Å². The maximum atomic E-state index is 5.96. The minimum absolute atomic E-state index is 0.0264. The highest BCUT2D eigenvalue weighted by Gasteiger charge is 2.24. The predicted octanol–water partition coefficient (Wildman–Crippen LogP) is 2.34. The normalized spacial score (nSPS) is 23.6. The van der Waals surface area contributed by atoms with E-state index in [0.29, 0.717) is 15.8 Å². The lowest BCUT2D eigenvalue weighted by molar-refractivity contribution is 0.555. The number of thioether (sulfide) groups is 1. The second-order valence-electron chi connectivity index (χ2n) is 3.49. The van der Waals surface area contributed by atoms with Crippen molar-refractivity contribution in [3.8, 4) is 12.3 Å². The summed E-state index contributed by atoms with van der Waals surface area (Å²) >= 11 is 13.5. The molecule has 0 saturated carbocycles. The summed E-state index contributed by atoms with van der Waals surface area (Å²) in [5.74, 6) is 3.23. The molecule has 1 saturated heterocycles. The van der Waals surface area contributed by atoms with Crippen molar-refractivity contribution < 1.29 is 0 Å². The number of nitrogens with one attached hydrogen (secondary N) is 3. The molecule has 3 N–H and O–H groups in total. The molecule has 0 radical (unpaired) electrons. The van der Waals surface area contributed by atoms with E-state index >= 15 is 0 Å².